The van der Waals surface area contributed by atoms with E-state index in [1.54, 1.807) is 6.92 Å². The number of aryl methyl sites for hydroxylation is 2. The zero-order valence-corrected chi connectivity index (χ0v) is 15.4. The van der Waals surface area contributed by atoms with E-state index in [9.17, 15) is 14.0 Å². The predicted octanol–water partition coefficient (Wildman–Crippen LogP) is 3.84. The number of thiophene rings is 1. The van der Waals surface area contributed by atoms with Crippen LogP contribution in [0.4, 0.5) is 4.39 Å². The third-order valence-electron chi connectivity index (χ3n) is 3.97. The van der Waals surface area contributed by atoms with Crippen LogP contribution < -0.4 is 5.56 Å². The van der Waals surface area contributed by atoms with Crippen LogP contribution in [0.1, 0.15) is 28.8 Å². The number of benzene rings is 1. The molecule has 0 saturated carbocycles. The molecule has 3 aromatic rings. The number of aromatic amines is 1. The standard InChI is InChI=1S/C19H17FN2O3S/c1-4-25-19(24)14(9-12-5-7-13(20)8-6-12)16-21-17(23)15-10(2)11(3)26-18(15)22-16/h5-9H,4H2,1-3H3,(H,21,22,23)/b14-9-. The fraction of sp³-hybridized carbons (Fsp3) is 0.211. The molecule has 1 aromatic carbocycles. The molecular weight excluding hydrogens is 355 g/mol. The Bertz CT molecular complexity index is 1060. The fourth-order valence-corrected chi connectivity index (χ4v) is 3.57. The van der Waals surface area contributed by atoms with E-state index in [0.29, 0.717) is 15.8 Å². The maximum Gasteiger partial charge on any atom is 0.341 e. The van der Waals surface area contributed by atoms with Crippen molar-refractivity contribution in [3.05, 3.63) is 62.3 Å². The van der Waals surface area contributed by atoms with Crippen molar-refractivity contribution < 1.29 is 13.9 Å². The molecule has 0 unspecified atom stereocenters. The van der Waals surface area contributed by atoms with E-state index in [1.165, 1.54) is 41.7 Å². The molecule has 0 saturated heterocycles. The number of fused-ring (bicyclic) bond motifs is 1. The number of H-pyrrole nitrogens is 1. The molecule has 0 amide bonds. The van der Waals surface area contributed by atoms with Crippen molar-refractivity contribution in [3.63, 3.8) is 0 Å². The van der Waals surface area contributed by atoms with Crippen LogP contribution in [0.2, 0.25) is 0 Å². The Hall–Kier alpha value is -2.80. The summed E-state index contributed by atoms with van der Waals surface area (Å²) < 4.78 is 18.2. The first kappa shape index (κ1) is 18.0. The van der Waals surface area contributed by atoms with Gasteiger partial charge in [-0.3, -0.25) is 4.79 Å². The smallest absolute Gasteiger partial charge is 0.341 e. The van der Waals surface area contributed by atoms with E-state index >= 15 is 0 Å². The maximum absolute atomic E-state index is 13.1. The van der Waals surface area contributed by atoms with Gasteiger partial charge < -0.3 is 9.72 Å². The van der Waals surface area contributed by atoms with Gasteiger partial charge in [0.2, 0.25) is 0 Å². The molecule has 2 aromatic heterocycles. The number of carbonyl (C=O) groups excluding carboxylic acids is 1. The average Bonchev–Trinajstić information content (AvgIpc) is 2.89. The summed E-state index contributed by atoms with van der Waals surface area (Å²) in [6.07, 6.45) is 1.52. The minimum Gasteiger partial charge on any atom is -0.462 e. The lowest BCUT2D eigenvalue weighted by molar-refractivity contribution is -0.136. The number of nitrogens with one attached hydrogen (secondary N) is 1. The molecule has 0 aliphatic rings. The third kappa shape index (κ3) is 3.43. The van der Waals surface area contributed by atoms with Gasteiger partial charge in [-0.2, -0.15) is 0 Å². The van der Waals surface area contributed by atoms with Gasteiger partial charge in [0.1, 0.15) is 22.0 Å². The lowest BCUT2D eigenvalue weighted by Gasteiger charge is -2.07. The first-order chi connectivity index (χ1) is 12.4. The van der Waals surface area contributed by atoms with Crippen LogP contribution in [0, 0.1) is 19.7 Å². The highest BCUT2D eigenvalue weighted by Gasteiger charge is 2.19. The Labute approximate surface area is 153 Å². The van der Waals surface area contributed by atoms with Crippen molar-refractivity contribution in [2.24, 2.45) is 0 Å². The maximum atomic E-state index is 13.1. The van der Waals surface area contributed by atoms with Crippen molar-refractivity contribution in [2.75, 3.05) is 6.61 Å². The average molecular weight is 372 g/mol. The highest BCUT2D eigenvalue weighted by Crippen LogP contribution is 2.27. The summed E-state index contributed by atoms with van der Waals surface area (Å²) in [6, 6.07) is 5.65. The summed E-state index contributed by atoms with van der Waals surface area (Å²) in [5, 5.41) is 0.529. The second-order valence-corrected chi connectivity index (χ2v) is 6.91. The number of carbonyl (C=O) groups is 1. The van der Waals surface area contributed by atoms with Gasteiger partial charge in [-0.05, 0) is 50.1 Å². The third-order valence-corrected chi connectivity index (χ3v) is 5.07. The molecule has 0 radical (unpaired) electrons. The predicted molar refractivity (Wildman–Crippen MR) is 101 cm³/mol. The Balaban J connectivity index is 2.18. The second kappa shape index (κ2) is 7.21. The van der Waals surface area contributed by atoms with E-state index in [0.717, 1.165) is 10.4 Å². The molecule has 0 bridgehead atoms. The first-order valence-electron chi connectivity index (χ1n) is 8.05. The number of hydrogen-bond acceptors (Lipinski definition) is 5. The van der Waals surface area contributed by atoms with Crippen molar-refractivity contribution in [1.82, 2.24) is 9.97 Å². The number of hydrogen-bond donors (Lipinski definition) is 1. The van der Waals surface area contributed by atoms with Crippen LogP contribution in [0.25, 0.3) is 21.9 Å². The largest absolute Gasteiger partial charge is 0.462 e. The number of halogens is 1. The van der Waals surface area contributed by atoms with E-state index < -0.39 is 5.97 Å². The Morgan fingerprint density at radius 2 is 2.00 bits per heavy atom. The topological polar surface area (TPSA) is 72.0 Å². The van der Waals surface area contributed by atoms with Gasteiger partial charge in [-0.1, -0.05) is 12.1 Å². The molecule has 134 valence electrons. The summed E-state index contributed by atoms with van der Waals surface area (Å²) in [5.74, 6) is -0.854. The van der Waals surface area contributed by atoms with E-state index in [-0.39, 0.29) is 29.4 Å². The number of aromatic nitrogens is 2. The molecule has 0 atom stereocenters. The molecule has 1 N–H and O–H groups in total. The summed E-state index contributed by atoms with van der Waals surface area (Å²) in [6.45, 7) is 5.66. The van der Waals surface area contributed by atoms with Crippen LogP contribution in [0.5, 0.6) is 0 Å². The molecule has 0 fully saturated rings. The monoisotopic (exact) mass is 372 g/mol. The Morgan fingerprint density at radius 3 is 2.65 bits per heavy atom. The zero-order valence-electron chi connectivity index (χ0n) is 14.6. The number of rotatable bonds is 4. The molecule has 0 spiro atoms. The van der Waals surface area contributed by atoms with E-state index in [1.807, 2.05) is 13.8 Å². The van der Waals surface area contributed by atoms with Gasteiger partial charge in [0.25, 0.3) is 5.56 Å². The molecule has 7 heteroatoms. The van der Waals surface area contributed by atoms with Crippen LogP contribution in [-0.2, 0) is 9.53 Å². The molecule has 0 aliphatic heterocycles. The van der Waals surface area contributed by atoms with Crippen molar-refractivity contribution in [1.29, 1.82) is 0 Å². The zero-order chi connectivity index (χ0) is 18.8. The van der Waals surface area contributed by atoms with E-state index in [4.69, 9.17) is 4.74 Å². The van der Waals surface area contributed by atoms with E-state index in [2.05, 4.69) is 9.97 Å². The fourth-order valence-electron chi connectivity index (χ4n) is 2.54. The quantitative estimate of drug-likeness (QED) is 0.558. The van der Waals surface area contributed by atoms with Crippen LogP contribution in [0.3, 0.4) is 0 Å². The van der Waals surface area contributed by atoms with Gasteiger partial charge in [0.15, 0.2) is 0 Å². The molecule has 5 nitrogen and oxygen atoms in total. The number of esters is 1. The second-order valence-electron chi connectivity index (χ2n) is 5.71. The summed E-state index contributed by atoms with van der Waals surface area (Å²) in [7, 11) is 0. The molecule has 3 rings (SSSR count). The molecule has 2 heterocycles. The number of ether oxygens (including phenoxy) is 1. The SMILES string of the molecule is CCOC(=O)/C(=C\c1ccc(F)cc1)c1nc2sc(C)c(C)c2c(=O)[nH]1. The van der Waals surface area contributed by atoms with Crippen LogP contribution in [0.15, 0.2) is 29.1 Å². The summed E-state index contributed by atoms with van der Waals surface area (Å²) in [4.78, 5) is 33.6. The lowest BCUT2D eigenvalue weighted by atomic mass is 10.1. The Kier molecular flexibility index (Phi) is 4.99. The first-order valence-corrected chi connectivity index (χ1v) is 8.87. The lowest BCUT2D eigenvalue weighted by Crippen LogP contribution is -2.15. The van der Waals surface area contributed by atoms with Crippen molar-refractivity contribution in [2.45, 2.75) is 20.8 Å². The molecule has 26 heavy (non-hydrogen) atoms. The minimum atomic E-state index is -0.607. The van der Waals surface area contributed by atoms with Gasteiger partial charge in [0, 0.05) is 4.88 Å². The summed E-state index contributed by atoms with van der Waals surface area (Å²) >= 11 is 1.40. The normalized spacial score (nSPS) is 11.8. The highest BCUT2D eigenvalue weighted by atomic mass is 32.1. The Morgan fingerprint density at radius 1 is 1.31 bits per heavy atom. The van der Waals surface area contributed by atoms with Crippen LogP contribution in [-0.4, -0.2) is 22.5 Å². The minimum absolute atomic E-state index is 0.112. The summed E-state index contributed by atoms with van der Waals surface area (Å²) in [5.41, 5.74) is 1.28. The van der Waals surface area contributed by atoms with Gasteiger partial charge in [0.05, 0.1) is 12.0 Å². The highest BCUT2D eigenvalue weighted by molar-refractivity contribution is 7.18. The van der Waals surface area contributed by atoms with Gasteiger partial charge in [-0.15, -0.1) is 11.3 Å². The van der Waals surface area contributed by atoms with Gasteiger partial charge in [-0.25, -0.2) is 14.2 Å². The number of nitrogens with zero attached hydrogens (tertiary/aromatic N) is 1. The van der Waals surface area contributed by atoms with Crippen molar-refractivity contribution >= 4 is 39.2 Å². The van der Waals surface area contributed by atoms with Crippen molar-refractivity contribution in [3.8, 4) is 0 Å². The van der Waals surface area contributed by atoms with Crippen LogP contribution >= 0.6 is 11.3 Å². The molecule has 0 aliphatic carbocycles. The molecular formula is C19H17FN2O3S. The van der Waals surface area contributed by atoms with Gasteiger partial charge >= 0.3 is 5.97 Å².